The Hall–Kier alpha value is 0.592. The van der Waals surface area contributed by atoms with Crippen LogP contribution < -0.4 is 0 Å². The SMILES string of the molecule is C[C-]=O.[Cd]. The average Bonchev–Trinajstić information content (AvgIpc) is 0.918. The molecule has 0 saturated carbocycles. The third-order valence-corrected chi connectivity index (χ3v) is 0. The molecule has 0 bridgehead atoms. The first-order valence-corrected chi connectivity index (χ1v) is 0.704. The molecule has 0 aromatic heterocycles. The van der Waals surface area contributed by atoms with Crippen LogP contribution in [0.4, 0.5) is 0 Å². The molecule has 0 atom stereocenters. The first-order valence-electron chi connectivity index (χ1n) is 0.704. The Bertz CT molecular complexity index is 13.5. The van der Waals surface area contributed by atoms with E-state index < -0.39 is 0 Å². The summed E-state index contributed by atoms with van der Waals surface area (Å²) < 4.78 is 0. The summed E-state index contributed by atoms with van der Waals surface area (Å²) in [5.74, 6) is 0. The van der Waals surface area contributed by atoms with Crippen LogP contribution in [0.3, 0.4) is 0 Å². The van der Waals surface area contributed by atoms with Crippen LogP contribution in [0.15, 0.2) is 0 Å². The first kappa shape index (κ1) is 8.82. The molecule has 1 nitrogen and oxygen atoms in total. The van der Waals surface area contributed by atoms with Gasteiger partial charge in [0.1, 0.15) is 0 Å². The van der Waals surface area contributed by atoms with Gasteiger partial charge in [-0.05, 0) is 0 Å². The van der Waals surface area contributed by atoms with E-state index in [0.29, 0.717) is 0 Å². The maximum atomic E-state index is 8.68. The summed E-state index contributed by atoms with van der Waals surface area (Å²) in [5, 5.41) is 0. The van der Waals surface area contributed by atoms with Crippen molar-refractivity contribution in [3.63, 3.8) is 0 Å². The molecule has 0 saturated heterocycles. The van der Waals surface area contributed by atoms with Crippen molar-refractivity contribution in [3.05, 3.63) is 0 Å². The molecule has 2 heteroatoms. The number of carbonyl (C=O) groups excluding carboxylic acids is 1. The van der Waals surface area contributed by atoms with Gasteiger partial charge in [0.15, 0.2) is 0 Å². The van der Waals surface area contributed by atoms with Crippen molar-refractivity contribution in [2.24, 2.45) is 0 Å². The molecule has 0 heterocycles. The molecule has 20 valence electrons. The Balaban J connectivity index is 0. The second-order valence-electron chi connectivity index (χ2n) is 0.204. The van der Waals surface area contributed by atoms with Gasteiger partial charge in [0.05, 0.1) is 0 Å². The van der Waals surface area contributed by atoms with Crippen LogP contribution in [0.1, 0.15) is 6.92 Å². The number of hydrogen-bond acceptors (Lipinski definition) is 1. The molecule has 0 N–H and O–H groups in total. The first-order chi connectivity index (χ1) is 1.41. The van der Waals surface area contributed by atoms with Gasteiger partial charge in [0.25, 0.3) is 0 Å². The summed E-state index contributed by atoms with van der Waals surface area (Å²) in [6.45, 7) is 1.32. The molecule has 0 aliphatic rings. The van der Waals surface area contributed by atoms with E-state index in [0.717, 1.165) is 0 Å². The summed E-state index contributed by atoms with van der Waals surface area (Å²) >= 11 is 0. The topological polar surface area (TPSA) is 17.1 Å². The van der Waals surface area contributed by atoms with Crippen LogP contribution in [-0.4, -0.2) is 6.29 Å². The van der Waals surface area contributed by atoms with Crippen LogP contribution in [0.25, 0.3) is 0 Å². The largest absolute Gasteiger partial charge is 0.542 e. The summed E-state index contributed by atoms with van der Waals surface area (Å²) in [7, 11) is 0. The van der Waals surface area contributed by atoms with E-state index in [1.807, 2.05) is 0 Å². The molecule has 0 spiro atoms. The minimum Gasteiger partial charge on any atom is -0.542 e. The fourth-order valence-electron chi connectivity index (χ4n) is 0. The maximum Gasteiger partial charge on any atom is 0 e. The van der Waals surface area contributed by atoms with E-state index in [1.165, 1.54) is 13.2 Å². The van der Waals surface area contributed by atoms with Gasteiger partial charge in [-0.1, -0.05) is 0 Å². The molecule has 0 aliphatic heterocycles. The summed E-state index contributed by atoms with van der Waals surface area (Å²) in [4.78, 5) is 8.68. The third kappa shape index (κ3) is 18.7. The monoisotopic (exact) mass is 157 g/mol. The molecule has 0 amide bonds. The Morgan fingerprint density at radius 1 is 1.75 bits per heavy atom. The normalized spacial score (nSPS) is 3.25. The zero-order valence-corrected chi connectivity index (χ0v) is 6.65. The van der Waals surface area contributed by atoms with Gasteiger partial charge >= 0.3 is 0 Å². The van der Waals surface area contributed by atoms with Crippen molar-refractivity contribution in [1.29, 1.82) is 0 Å². The maximum absolute atomic E-state index is 8.68. The van der Waals surface area contributed by atoms with Crippen molar-refractivity contribution in [2.45, 2.75) is 6.92 Å². The summed E-state index contributed by atoms with van der Waals surface area (Å²) in [6, 6.07) is 0. The van der Waals surface area contributed by atoms with Crippen LogP contribution in [0.2, 0.25) is 0 Å². The predicted octanol–water partition coefficient (Wildman–Crippen LogP) is 0.113. The summed E-state index contributed by atoms with van der Waals surface area (Å²) in [6.07, 6.45) is 1.50. The number of rotatable bonds is 0. The molecule has 0 radical (unpaired) electrons. The van der Waals surface area contributed by atoms with Gasteiger partial charge in [0, 0.05) is 27.3 Å². The van der Waals surface area contributed by atoms with Gasteiger partial charge in [-0.25, -0.2) is 0 Å². The van der Waals surface area contributed by atoms with Crippen LogP contribution >= 0.6 is 0 Å². The Morgan fingerprint density at radius 3 is 1.75 bits per heavy atom. The van der Waals surface area contributed by atoms with E-state index in [-0.39, 0.29) is 27.3 Å². The quantitative estimate of drug-likeness (QED) is 0.359. The Morgan fingerprint density at radius 2 is 1.75 bits per heavy atom. The van der Waals surface area contributed by atoms with Crippen molar-refractivity contribution in [1.82, 2.24) is 0 Å². The number of hydrogen-bond donors (Lipinski definition) is 0. The fraction of sp³-hybridized carbons (Fsp3) is 0.500. The van der Waals surface area contributed by atoms with Crippen molar-refractivity contribution in [2.75, 3.05) is 0 Å². The van der Waals surface area contributed by atoms with E-state index in [1.54, 1.807) is 0 Å². The van der Waals surface area contributed by atoms with Gasteiger partial charge in [0.2, 0.25) is 0 Å². The van der Waals surface area contributed by atoms with Gasteiger partial charge in [-0.15, -0.1) is 0 Å². The van der Waals surface area contributed by atoms with Crippen molar-refractivity contribution in [3.8, 4) is 0 Å². The van der Waals surface area contributed by atoms with Gasteiger partial charge in [-0.2, -0.15) is 6.92 Å². The predicted molar refractivity (Wildman–Crippen MR) is 11.4 cm³/mol. The zero-order chi connectivity index (χ0) is 2.71. The standard InChI is InChI=1S/C2H3O.Cd/c1-2-3;/h1H3;/q-1;. The van der Waals surface area contributed by atoms with Crippen molar-refractivity contribution >= 4 is 6.29 Å². The van der Waals surface area contributed by atoms with Crippen LogP contribution in [0.5, 0.6) is 0 Å². The second-order valence-corrected chi connectivity index (χ2v) is 0.204. The molecule has 0 unspecified atom stereocenters. The third-order valence-electron chi connectivity index (χ3n) is 0. The minimum absolute atomic E-state index is 0. The molecule has 0 aromatic carbocycles. The fourth-order valence-corrected chi connectivity index (χ4v) is 0. The zero-order valence-electron chi connectivity index (χ0n) is 2.62. The summed E-state index contributed by atoms with van der Waals surface area (Å²) in [5.41, 5.74) is 0. The van der Waals surface area contributed by atoms with Crippen molar-refractivity contribution < 1.29 is 32.1 Å². The molecule has 0 aromatic rings. The van der Waals surface area contributed by atoms with Crippen LogP contribution in [-0.2, 0) is 32.1 Å². The molecule has 0 fully saturated rings. The Kier molecular flexibility index (Phi) is 21.0. The molecular formula is C2H3CdO-. The average molecular weight is 155 g/mol. The van der Waals surface area contributed by atoms with Crippen LogP contribution in [0, 0.1) is 0 Å². The van der Waals surface area contributed by atoms with E-state index in [9.17, 15) is 0 Å². The Labute approximate surface area is 45.5 Å². The molecule has 4 heavy (non-hydrogen) atoms. The van der Waals surface area contributed by atoms with E-state index in [4.69, 9.17) is 4.79 Å². The second kappa shape index (κ2) is 9.52. The van der Waals surface area contributed by atoms with Gasteiger partial charge in [-0.3, -0.25) is 6.29 Å². The molecular weight excluding hydrogens is 152 g/mol. The smallest absolute Gasteiger partial charge is 0 e. The van der Waals surface area contributed by atoms with E-state index in [2.05, 4.69) is 0 Å². The van der Waals surface area contributed by atoms with E-state index >= 15 is 0 Å². The molecule has 0 aliphatic carbocycles. The molecule has 0 rings (SSSR count). The van der Waals surface area contributed by atoms with Gasteiger partial charge < -0.3 is 4.79 Å². The minimum atomic E-state index is 0.